The number of benzene rings is 1. The Hall–Kier alpha value is -2.36. The standard InChI is InChI=1S/C18H17FN3/c1-4-18(5-2)11(3)15-14-13(20-17(19)21-15)9-8-12-7-6-10-22(18)16(12)14/h6-10H,3-5H2,1-2H3/q+1. The van der Waals surface area contributed by atoms with Crippen LogP contribution in [0.3, 0.4) is 0 Å². The largest absolute Gasteiger partial charge is 0.309 e. The van der Waals surface area contributed by atoms with E-state index in [-0.39, 0.29) is 5.54 Å². The molecule has 22 heavy (non-hydrogen) atoms. The molecule has 0 amide bonds. The Bertz CT molecular complexity index is 942. The minimum atomic E-state index is -0.687. The van der Waals surface area contributed by atoms with E-state index in [1.807, 2.05) is 12.1 Å². The van der Waals surface area contributed by atoms with E-state index < -0.39 is 6.08 Å². The molecule has 4 rings (SSSR count). The number of nitrogens with zero attached hydrogens (tertiary/aromatic N) is 3. The van der Waals surface area contributed by atoms with Gasteiger partial charge in [0.15, 0.2) is 11.7 Å². The van der Waals surface area contributed by atoms with E-state index in [0.717, 1.165) is 34.7 Å². The topological polar surface area (TPSA) is 29.7 Å². The average Bonchev–Trinajstić information content (AvgIpc) is 2.54. The van der Waals surface area contributed by atoms with Gasteiger partial charge in [-0.1, -0.05) is 20.4 Å². The van der Waals surface area contributed by atoms with Gasteiger partial charge in [0.25, 0.3) is 0 Å². The monoisotopic (exact) mass is 294 g/mol. The molecule has 110 valence electrons. The smallest absolute Gasteiger partial charge is 0.202 e. The number of halogens is 1. The molecule has 1 aliphatic rings. The maximum absolute atomic E-state index is 13.9. The second-order valence-electron chi connectivity index (χ2n) is 5.83. The van der Waals surface area contributed by atoms with Crippen LogP contribution in [0.5, 0.6) is 0 Å². The zero-order chi connectivity index (χ0) is 15.5. The summed E-state index contributed by atoms with van der Waals surface area (Å²) in [7, 11) is 0. The first kappa shape index (κ1) is 13.3. The summed E-state index contributed by atoms with van der Waals surface area (Å²) in [4.78, 5) is 8.06. The van der Waals surface area contributed by atoms with Gasteiger partial charge in [-0.15, -0.1) is 0 Å². The third-order valence-electron chi connectivity index (χ3n) is 5.07. The van der Waals surface area contributed by atoms with Crippen molar-refractivity contribution >= 4 is 27.4 Å². The molecule has 0 saturated heterocycles. The first-order chi connectivity index (χ1) is 10.6. The molecule has 0 atom stereocenters. The average molecular weight is 294 g/mol. The summed E-state index contributed by atoms with van der Waals surface area (Å²) >= 11 is 0. The van der Waals surface area contributed by atoms with E-state index >= 15 is 0 Å². The SMILES string of the molecule is C=C1c2nc(F)nc3ccc4ccc[n+](c4c23)C1(CC)CC. The van der Waals surface area contributed by atoms with Gasteiger partial charge in [0.2, 0.25) is 5.52 Å². The molecule has 0 aliphatic carbocycles. The van der Waals surface area contributed by atoms with Crippen molar-refractivity contribution in [3.05, 3.63) is 48.8 Å². The van der Waals surface area contributed by atoms with Gasteiger partial charge in [0.05, 0.1) is 16.6 Å². The molecule has 1 aromatic carbocycles. The fourth-order valence-corrected chi connectivity index (χ4v) is 3.86. The fourth-order valence-electron chi connectivity index (χ4n) is 3.86. The number of aromatic nitrogens is 3. The molecule has 3 heterocycles. The summed E-state index contributed by atoms with van der Waals surface area (Å²) in [5.74, 6) is 0. The highest BCUT2D eigenvalue weighted by Crippen LogP contribution is 2.42. The lowest BCUT2D eigenvalue weighted by atomic mass is 9.79. The van der Waals surface area contributed by atoms with Crippen molar-refractivity contribution in [2.75, 3.05) is 0 Å². The molecule has 3 nitrogen and oxygen atoms in total. The minimum absolute atomic E-state index is 0.262. The van der Waals surface area contributed by atoms with E-state index in [9.17, 15) is 4.39 Å². The lowest BCUT2D eigenvalue weighted by Gasteiger charge is -2.32. The molecule has 3 aromatic rings. The predicted octanol–water partition coefficient (Wildman–Crippen LogP) is 3.75. The van der Waals surface area contributed by atoms with Crippen molar-refractivity contribution in [2.24, 2.45) is 0 Å². The normalized spacial score (nSPS) is 15.9. The molecular weight excluding hydrogens is 277 g/mol. The lowest BCUT2D eigenvalue weighted by Crippen LogP contribution is -2.58. The third-order valence-corrected chi connectivity index (χ3v) is 5.07. The second kappa shape index (κ2) is 4.32. The highest BCUT2D eigenvalue weighted by molar-refractivity contribution is 6.08. The molecule has 4 heteroatoms. The molecule has 0 radical (unpaired) electrons. The number of rotatable bonds is 2. The van der Waals surface area contributed by atoms with Crippen LogP contribution in [0.4, 0.5) is 4.39 Å². The summed E-state index contributed by atoms with van der Waals surface area (Å²) in [6.45, 7) is 8.57. The Morgan fingerprint density at radius 1 is 1.18 bits per heavy atom. The van der Waals surface area contributed by atoms with Crippen LogP contribution in [0.25, 0.3) is 27.4 Å². The van der Waals surface area contributed by atoms with Crippen molar-refractivity contribution < 1.29 is 8.96 Å². The molecule has 0 unspecified atom stereocenters. The molecule has 0 saturated carbocycles. The Labute approximate surface area is 128 Å². The molecule has 0 spiro atoms. The summed E-state index contributed by atoms with van der Waals surface area (Å²) in [6, 6.07) is 7.97. The molecule has 2 aromatic heterocycles. The van der Waals surface area contributed by atoms with Crippen LogP contribution in [0.15, 0.2) is 37.0 Å². The predicted molar refractivity (Wildman–Crippen MR) is 84.8 cm³/mol. The van der Waals surface area contributed by atoms with E-state index in [0.29, 0.717) is 11.2 Å². The van der Waals surface area contributed by atoms with E-state index in [1.54, 1.807) is 0 Å². The minimum Gasteiger partial charge on any atom is -0.202 e. The second-order valence-corrected chi connectivity index (χ2v) is 5.83. The van der Waals surface area contributed by atoms with Gasteiger partial charge < -0.3 is 0 Å². The molecule has 0 bridgehead atoms. The van der Waals surface area contributed by atoms with Crippen molar-refractivity contribution in [3.63, 3.8) is 0 Å². The Morgan fingerprint density at radius 2 is 1.95 bits per heavy atom. The van der Waals surface area contributed by atoms with Crippen LogP contribution in [-0.2, 0) is 5.54 Å². The Morgan fingerprint density at radius 3 is 2.68 bits per heavy atom. The fraction of sp³-hybridized carbons (Fsp3) is 0.278. The number of pyridine rings is 1. The summed E-state index contributed by atoms with van der Waals surface area (Å²) in [5, 5.41) is 2.02. The van der Waals surface area contributed by atoms with Gasteiger partial charge in [-0.3, -0.25) is 0 Å². The molecular formula is C18H17FN3+. The quantitative estimate of drug-likeness (QED) is 0.409. The zero-order valence-corrected chi connectivity index (χ0v) is 12.7. The third kappa shape index (κ3) is 1.42. The van der Waals surface area contributed by atoms with Crippen molar-refractivity contribution in [1.29, 1.82) is 0 Å². The Kier molecular flexibility index (Phi) is 2.61. The van der Waals surface area contributed by atoms with Crippen LogP contribution < -0.4 is 4.57 Å². The van der Waals surface area contributed by atoms with Crippen LogP contribution in [0.1, 0.15) is 32.4 Å². The maximum atomic E-state index is 13.9. The van der Waals surface area contributed by atoms with Gasteiger partial charge in [-0.05, 0) is 18.2 Å². The molecule has 1 aliphatic heterocycles. The summed E-state index contributed by atoms with van der Waals surface area (Å²) in [6.07, 6.45) is 3.17. The van der Waals surface area contributed by atoms with Crippen LogP contribution in [-0.4, -0.2) is 9.97 Å². The van der Waals surface area contributed by atoms with Crippen LogP contribution in [0.2, 0.25) is 0 Å². The van der Waals surface area contributed by atoms with E-state index in [2.05, 4.69) is 53.3 Å². The van der Waals surface area contributed by atoms with E-state index in [1.165, 1.54) is 0 Å². The number of allylic oxidation sites excluding steroid dienone is 1. The van der Waals surface area contributed by atoms with Gasteiger partial charge in [0, 0.05) is 29.9 Å². The maximum Gasteiger partial charge on any atom is 0.309 e. The van der Waals surface area contributed by atoms with Crippen molar-refractivity contribution in [1.82, 2.24) is 9.97 Å². The van der Waals surface area contributed by atoms with Gasteiger partial charge in [-0.25, -0.2) is 9.97 Å². The number of hydrogen-bond acceptors (Lipinski definition) is 2. The molecule has 0 fully saturated rings. The highest BCUT2D eigenvalue weighted by Gasteiger charge is 2.46. The molecule has 0 N–H and O–H groups in total. The summed E-state index contributed by atoms with van der Waals surface area (Å²) < 4.78 is 16.1. The van der Waals surface area contributed by atoms with Gasteiger partial charge in [-0.2, -0.15) is 8.96 Å². The lowest BCUT2D eigenvalue weighted by molar-refractivity contribution is -0.727. The zero-order valence-electron chi connectivity index (χ0n) is 12.7. The number of hydrogen-bond donors (Lipinski definition) is 0. The van der Waals surface area contributed by atoms with Crippen LogP contribution >= 0.6 is 0 Å². The first-order valence-electron chi connectivity index (χ1n) is 7.63. The van der Waals surface area contributed by atoms with Gasteiger partial charge >= 0.3 is 6.08 Å². The summed E-state index contributed by atoms with van der Waals surface area (Å²) in [5.41, 5.74) is 2.98. The highest BCUT2D eigenvalue weighted by atomic mass is 19.1. The van der Waals surface area contributed by atoms with Crippen LogP contribution in [0, 0.1) is 6.08 Å². The van der Waals surface area contributed by atoms with Gasteiger partial charge in [0.1, 0.15) is 0 Å². The van der Waals surface area contributed by atoms with Crippen molar-refractivity contribution in [3.8, 4) is 0 Å². The van der Waals surface area contributed by atoms with E-state index in [4.69, 9.17) is 0 Å². The van der Waals surface area contributed by atoms with Crippen molar-refractivity contribution in [2.45, 2.75) is 32.2 Å². The Balaban J connectivity index is 2.33. The first-order valence-corrected chi connectivity index (χ1v) is 7.63.